The topological polar surface area (TPSA) is 105 Å². The van der Waals surface area contributed by atoms with Crippen molar-refractivity contribution in [2.24, 2.45) is 0 Å². The Labute approximate surface area is 179 Å². The summed E-state index contributed by atoms with van der Waals surface area (Å²) in [6.07, 6.45) is 2.10. The monoisotopic (exact) mass is 444 g/mol. The molecular weight excluding hydrogens is 423 g/mol. The van der Waals surface area contributed by atoms with Crippen LogP contribution in [0.15, 0.2) is 57.9 Å². The van der Waals surface area contributed by atoms with Gasteiger partial charge in [-0.3, -0.25) is 4.79 Å². The highest BCUT2D eigenvalue weighted by atomic mass is 32.2. The number of aryl methyl sites for hydroxylation is 1. The number of nitrogens with zero attached hydrogens (tertiary/aromatic N) is 3. The molecule has 4 rings (SSSR count). The average molecular weight is 444 g/mol. The molecule has 8 nitrogen and oxygen atoms in total. The summed E-state index contributed by atoms with van der Waals surface area (Å²) >= 11 is 0. The second kappa shape index (κ2) is 8.94. The van der Waals surface area contributed by atoms with E-state index in [-0.39, 0.29) is 29.5 Å². The van der Waals surface area contributed by atoms with Gasteiger partial charge >= 0.3 is 0 Å². The third kappa shape index (κ3) is 4.97. The normalized spacial score (nSPS) is 14.6. The Morgan fingerprint density at radius 3 is 2.42 bits per heavy atom. The molecule has 1 fully saturated rings. The van der Waals surface area contributed by atoms with Crippen LogP contribution in [-0.4, -0.2) is 41.9 Å². The van der Waals surface area contributed by atoms with Crippen LogP contribution in [0.1, 0.15) is 25.2 Å². The number of benzene rings is 2. The fourth-order valence-corrected chi connectivity index (χ4v) is 4.82. The minimum atomic E-state index is -3.48. The van der Waals surface area contributed by atoms with Crippen molar-refractivity contribution < 1.29 is 22.1 Å². The van der Waals surface area contributed by atoms with Crippen molar-refractivity contribution in [2.45, 2.75) is 30.6 Å². The second-order valence-corrected chi connectivity index (χ2v) is 9.14. The second-order valence-electron chi connectivity index (χ2n) is 7.20. The lowest BCUT2D eigenvalue weighted by atomic mass is 10.2. The Bertz CT molecular complexity index is 1150. The van der Waals surface area contributed by atoms with Gasteiger partial charge in [0.1, 0.15) is 5.82 Å². The number of hydrogen-bond acceptors (Lipinski definition) is 6. The summed E-state index contributed by atoms with van der Waals surface area (Å²) in [4.78, 5) is 16.7. The van der Waals surface area contributed by atoms with Gasteiger partial charge in [0.05, 0.1) is 4.90 Å². The van der Waals surface area contributed by atoms with Gasteiger partial charge in [0.2, 0.25) is 27.6 Å². The minimum absolute atomic E-state index is 0.110. The van der Waals surface area contributed by atoms with Crippen molar-refractivity contribution >= 4 is 21.6 Å². The summed E-state index contributed by atoms with van der Waals surface area (Å²) in [6, 6.07) is 11.8. The van der Waals surface area contributed by atoms with Gasteiger partial charge in [-0.1, -0.05) is 5.16 Å². The fraction of sp³-hybridized carbons (Fsp3) is 0.286. The number of halogens is 1. The van der Waals surface area contributed by atoms with E-state index in [2.05, 4.69) is 15.5 Å². The SMILES string of the molecule is O=C(CCc1nc(-c2ccc(F)cc2)no1)Nc1ccc(S(=O)(=O)N2CCCC2)cc1. The number of carbonyl (C=O) groups excluding carboxylic acids is 1. The molecule has 0 aliphatic carbocycles. The van der Waals surface area contributed by atoms with Crippen LogP contribution < -0.4 is 5.32 Å². The number of sulfonamides is 1. The molecule has 1 aliphatic heterocycles. The first kappa shape index (κ1) is 21.1. The van der Waals surface area contributed by atoms with Crippen LogP contribution in [0.25, 0.3) is 11.4 Å². The lowest BCUT2D eigenvalue weighted by molar-refractivity contribution is -0.116. The summed E-state index contributed by atoms with van der Waals surface area (Å²) < 4.78 is 44.7. The first-order valence-electron chi connectivity index (χ1n) is 9.90. The van der Waals surface area contributed by atoms with Crippen LogP contribution in [0, 0.1) is 5.82 Å². The summed E-state index contributed by atoms with van der Waals surface area (Å²) in [5, 5.41) is 6.57. The van der Waals surface area contributed by atoms with Gasteiger partial charge in [-0.15, -0.1) is 0 Å². The number of nitrogens with one attached hydrogen (secondary N) is 1. The zero-order chi connectivity index (χ0) is 21.8. The third-order valence-electron chi connectivity index (χ3n) is 4.98. The molecule has 0 unspecified atom stereocenters. The lowest BCUT2D eigenvalue weighted by Gasteiger charge is -2.15. The Morgan fingerprint density at radius 2 is 1.74 bits per heavy atom. The van der Waals surface area contributed by atoms with E-state index in [0.717, 1.165) is 12.8 Å². The predicted octanol–water partition coefficient (Wildman–Crippen LogP) is 3.23. The molecule has 0 atom stereocenters. The van der Waals surface area contributed by atoms with Crippen LogP contribution in [0.5, 0.6) is 0 Å². The molecule has 31 heavy (non-hydrogen) atoms. The van der Waals surface area contributed by atoms with Gasteiger partial charge in [-0.25, -0.2) is 12.8 Å². The number of carbonyl (C=O) groups is 1. The molecule has 1 N–H and O–H groups in total. The molecule has 3 aromatic rings. The van der Waals surface area contributed by atoms with Crippen molar-refractivity contribution in [1.82, 2.24) is 14.4 Å². The van der Waals surface area contributed by atoms with Crippen LogP contribution >= 0.6 is 0 Å². The molecule has 0 bridgehead atoms. The summed E-state index contributed by atoms with van der Waals surface area (Å²) in [5.41, 5.74) is 1.12. The number of amides is 1. The summed E-state index contributed by atoms with van der Waals surface area (Å²) in [6.45, 7) is 1.08. The molecule has 1 aliphatic rings. The Balaban J connectivity index is 1.31. The van der Waals surface area contributed by atoms with E-state index in [1.807, 2.05) is 0 Å². The molecule has 1 saturated heterocycles. The molecule has 2 aromatic carbocycles. The fourth-order valence-electron chi connectivity index (χ4n) is 3.30. The van der Waals surface area contributed by atoms with Crippen LogP contribution in [0.4, 0.5) is 10.1 Å². The minimum Gasteiger partial charge on any atom is -0.339 e. The van der Waals surface area contributed by atoms with E-state index < -0.39 is 10.0 Å². The maximum Gasteiger partial charge on any atom is 0.243 e. The average Bonchev–Trinajstić information content (AvgIpc) is 3.46. The standard InChI is InChI=1S/C21H21FN4O4S/c22-16-5-3-15(4-6-16)21-24-20(30-25-21)12-11-19(27)23-17-7-9-18(10-8-17)31(28,29)26-13-1-2-14-26/h3-10H,1-2,11-14H2,(H,23,27). The first-order chi connectivity index (χ1) is 14.9. The summed E-state index contributed by atoms with van der Waals surface area (Å²) in [5.74, 6) is -0.00534. The van der Waals surface area contributed by atoms with Gasteiger partial charge in [0.15, 0.2) is 0 Å². The Kier molecular flexibility index (Phi) is 6.10. The van der Waals surface area contributed by atoms with E-state index in [0.29, 0.717) is 36.1 Å². The van der Waals surface area contributed by atoms with Crippen molar-refractivity contribution in [1.29, 1.82) is 0 Å². The molecule has 2 heterocycles. The number of rotatable bonds is 7. The van der Waals surface area contributed by atoms with Crippen molar-refractivity contribution in [3.63, 3.8) is 0 Å². The van der Waals surface area contributed by atoms with Crippen molar-refractivity contribution in [3.05, 3.63) is 60.2 Å². The number of aromatic nitrogens is 2. The van der Waals surface area contributed by atoms with Crippen molar-refractivity contribution in [3.8, 4) is 11.4 Å². The van der Waals surface area contributed by atoms with E-state index >= 15 is 0 Å². The maximum absolute atomic E-state index is 13.0. The summed E-state index contributed by atoms with van der Waals surface area (Å²) in [7, 11) is -3.48. The molecule has 0 spiro atoms. The van der Waals surface area contributed by atoms with Crippen molar-refractivity contribution in [2.75, 3.05) is 18.4 Å². The Morgan fingerprint density at radius 1 is 1.06 bits per heavy atom. The van der Waals surface area contributed by atoms with E-state index in [1.165, 1.54) is 28.6 Å². The number of anilines is 1. The quantitative estimate of drug-likeness (QED) is 0.600. The molecule has 1 amide bonds. The number of hydrogen-bond donors (Lipinski definition) is 1. The van der Waals surface area contributed by atoms with Gasteiger partial charge in [0.25, 0.3) is 0 Å². The van der Waals surface area contributed by atoms with Gasteiger partial charge < -0.3 is 9.84 Å². The lowest BCUT2D eigenvalue weighted by Crippen LogP contribution is -2.27. The highest BCUT2D eigenvalue weighted by molar-refractivity contribution is 7.89. The highest BCUT2D eigenvalue weighted by Crippen LogP contribution is 2.22. The molecule has 10 heteroatoms. The first-order valence-corrected chi connectivity index (χ1v) is 11.3. The van der Waals surface area contributed by atoms with E-state index in [4.69, 9.17) is 4.52 Å². The van der Waals surface area contributed by atoms with Crippen LogP contribution in [-0.2, 0) is 21.2 Å². The van der Waals surface area contributed by atoms with Gasteiger partial charge in [-0.05, 0) is 61.4 Å². The third-order valence-corrected chi connectivity index (χ3v) is 6.89. The molecular formula is C21H21FN4O4S. The maximum atomic E-state index is 13.0. The largest absolute Gasteiger partial charge is 0.339 e. The molecule has 0 saturated carbocycles. The molecule has 162 valence electrons. The van der Waals surface area contributed by atoms with Gasteiger partial charge in [0, 0.05) is 37.2 Å². The zero-order valence-electron chi connectivity index (χ0n) is 16.6. The van der Waals surface area contributed by atoms with Crippen LogP contribution in [0.3, 0.4) is 0 Å². The predicted molar refractivity (Wildman–Crippen MR) is 111 cm³/mol. The molecule has 1 aromatic heterocycles. The van der Waals surface area contributed by atoms with Gasteiger partial charge in [-0.2, -0.15) is 9.29 Å². The zero-order valence-corrected chi connectivity index (χ0v) is 17.4. The molecule has 0 radical (unpaired) electrons. The van der Waals surface area contributed by atoms with Crippen LogP contribution in [0.2, 0.25) is 0 Å². The Hall–Kier alpha value is -3.11. The van der Waals surface area contributed by atoms with E-state index in [1.54, 1.807) is 24.3 Å². The smallest absolute Gasteiger partial charge is 0.243 e. The highest BCUT2D eigenvalue weighted by Gasteiger charge is 2.26. The van der Waals surface area contributed by atoms with E-state index in [9.17, 15) is 17.6 Å².